The molecule has 0 atom stereocenters. The molecular weight excluding hydrogens is 408 g/mol. The Hall–Kier alpha value is -2.06. The average molecular weight is 425 g/mol. The summed E-state index contributed by atoms with van der Waals surface area (Å²) in [4.78, 5) is 13.5. The molecule has 1 saturated heterocycles. The summed E-state index contributed by atoms with van der Waals surface area (Å²) < 4.78 is 33.6. The molecule has 0 aliphatic carbocycles. The Morgan fingerprint density at radius 2 is 1.88 bits per heavy atom. The standard InChI is InChI=1S/C17H17BrN2O4S/c1-24-15-9-4-12(18)11-16(15)25(22,23)19-13-5-7-14(8-6-13)20-10-2-3-17(20)21/h4-9,11,19H,2-3,10H2,1H3. The van der Waals surface area contributed by atoms with Crippen LogP contribution >= 0.6 is 15.9 Å². The summed E-state index contributed by atoms with van der Waals surface area (Å²) in [7, 11) is -2.39. The summed E-state index contributed by atoms with van der Waals surface area (Å²) in [6.07, 6.45) is 1.40. The zero-order valence-electron chi connectivity index (χ0n) is 13.5. The third kappa shape index (κ3) is 3.80. The highest BCUT2D eigenvalue weighted by Gasteiger charge is 2.23. The summed E-state index contributed by atoms with van der Waals surface area (Å²) in [5.41, 5.74) is 1.18. The van der Waals surface area contributed by atoms with Gasteiger partial charge in [-0.25, -0.2) is 8.42 Å². The van der Waals surface area contributed by atoms with Gasteiger partial charge in [-0.1, -0.05) is 15.9 Å². The van der Waals surface area contributed by atoms with Crippen molar-refractivity contribution in [1.82, 2.24) is 0 Å². The number of benzene rings is 2. The molecule has 0 bridgehead atoms. The maximum Gasteiger partial charge on any atom is 0.265 e. The van der Waals surface area contributed by atoms with E-state index in [0.717, 1.165) is 12.1 Å². The van der Waals surface area contributed by atoms with E-state index in [4.69, 9.17) is 4.74 Å². The molecule has 0 unspecified atom stereocenters. The normalized spacial score (nSPS) is 14.6. The van der Waals surface area contributed by atoms with Gasteiger partial charge in [0.2, 0.25) is 5.91 Å². The van der Waals surface area contributed by atoms with Gasteiger partial charge in [-0.15, -0.1) is 0 Å². The molecule has 0 aromatic heterocycles. The van der Waals surface area contributed by atoms with Crippen molar-refractivity contribution < 1.29 is 17.9 Å². The van der Waals surface area contributed by atoms with Crippen LogP contribution in [0.25, 0.3) is 0 Å². The number of hydrogen-bond donors (Lipinski definition) is 1. The minimum absolute atomic E-state index is 0.0446. The van der Waals surface area contributed by atoms with Crippen LogP contribution in [0.4, 0.5) is 11.4 Å². The molecule has 132 valence electrons. The highest BCUT2D eigenvalue weighted by atomic mass is 79.9. The van der Waals surface area contributed by atoms with Gasteiger partial charge in [0, 0.05) is 28.8 Å². The minimum atomic E-state index is -3.81. The van der Waals surface area contributed by atoms with Crippen LogP contribution in [0.2, 0.25) is 0 Å². The molecule has 1 aliphatic rings. The molecular formula is C17H17BrN2O4S. The molecule has 0 radical (unpaired) electrons. The smallest absolute Gasteiger partial charge is 0.265 e. The molecule has 1 amide bonds. The predicted molar refractivity (Wildman–Crippen MR) is 99.5 cm³/mol. The molecule has 8 heteroatoms. The van der Waals surface area contributed by atoms with Crippen molar-refractivity contribution in [3.8, 4) is 5.75 Å². The molecule has 6 nitrogen and oxygen atoms in total. The Bertz CT molecular complexity index is 897. The van der Waals surface area contributed by atoms with Crippen molar-refractivity contribution >= 4 is 43.2 Å². The molecule has 0 spiro atoms. The zero-order chi connectivity index (χ0) is 18.0. The summed E-state index contributed by atoms with van der Waals surface area (Å²) in [6, 6.07) is 11.5. The zero-order valence-corrected chi connectivity index (χ0v) is 15.9. The van der Waals surface area contributed by atoms with E-state index in [2.05, 4.69) is 20.7 Å². The maximum atomic E-state index is 12.7. The Balaban J connectivity index is 1.84. The molecule has 1 N–H and O–H groups in total. The van der Waals surface area contributed by atoms with Gasteiger partial charge in [-0.3, -0.25) is 9.52 Å². The fourth-order valence-electron chi connectivity index (χ4n) is 2.70. The van der Waals surface area contributed by atoms with Gasteiger partial charge >= 0.3 is 0 Å². The lowest BCUT2D eigenvalue weighted by Gasteiger charge is -2.16. The fourth-order valence-corrected chi connectivity index (χ4v) is 4.47. The first kappa shape index (κ1) is 17.8. The summed E-state index contributed by atoms with van der Waals surface area (Å²) in [6.45, 7) is 0.694. The lowest BCUT2D eigenvalue weighted by Crippen LogP contribution is -2.23. The lowest BCUT2D eigenvalue weighted by atomic mass is 10.2. The quantitative estimate of drug-likeness (QED) is 0.797. The van der Waals surface area contributed by atoms with Crippen LogP contribution in [0, 0.1) is 0 Å². The number of carbonyl (C=O) groups is 1. The molecule has 3 rings (SSSR count). The van der Waals surface area contributed by atoms with E-state index in [9.17, 15) is 13.2 Å². The van der Waals surface area contributed by atoms with E-state index < -0.39 is 10.0 Å². The van der Waals surface area contributed by atoms with Gasteiger partial charge in [0.1, 0.15) is 10.6 Å². The summed E-state index contributed by atoms with van der Waals surface area (Å²) in [5, 5.41) is 0. The first-order valence-electron chi connectivity index (χ1n) is 7.67. The molecule has 2 aromatic carbocycles. The molecule has 0 saturated carbocycles. The van der Waals surface area contributed by atoms with Crippen molar-refractivity contribution in [1.29, 1.82) is 0 Å². The number of carbonyl (C=O) groups excluding carboxylic acids is 1. The van der Waals surface area contributed by atoms with Crippen LogP contribution < -0.4 is 14.4 Å². The molecule has 2 aromatic rings. The Morgan fingerprint density at radius 1 is 1.16 bits per heavy atom. The van der Waals surface area contributed by atoms with E-state index >= 15 is 0 Å². The number of halogens is 1. The van der Waals surface area contributed by atoms with E-state index in [1.165, 1.54) is 13.2 Å². The highest BCUT2D eigenvalue weighted by molar-refractivity contribution is 9.10. The van der Waals surface area contributed by atoms with Crippen molar-refractivity contribution in [2.75, 3.05) is 23.3 Å². The Kier molecular flexibility index (Phi) is 5.01. The van der Waals surface area contributed by atoms with Crippen LogP contribution in [0.3, 0.4) is 0 Å². The first-order valence-corrected chi connectivity index (χ1v) is 9.95. The molecule has 1 heterocycles. The van der Waals surface area contributed by atoms with Gasteiger partial charge < -0.3 is 9.64 Å². The molecule has 25 heavy (non-hydrogen) atoms. The highest BCUT2D eigenvalue weighted by Crippen LogP contribution is 2.29. The molecule has 1 aliphatic heterocycles. The second-order valence-corrected chi connectivity index (χ2v) is 8.16. The van der Waals surface area contributed by atoms with Gasteiger partial charge in [0.15, 0.2) is 0 Å². The van der Waals surface area contributed by atoms with E-state index in [1.54, 1.807) is 41.3 Å². The van der Waals surface area contributed by atoms with E-state index in [-0.39, 0.29) is 16.6 Å². The van der Waals surface area contributed by atoms with Crippen LogP contribution in [0.5, 0.6) is 5.75 Å². The van der Waals surface area contributed by atoms with Crippen LogP contribution in [-0.2, 0) is 14.8 Å². The molecule has 1 fully saturated rings. The minimum Gasteiger partial charge on any atom is -0.495 e. The largest absolute Gasteiger partial charge is 0.495 e. The maximum absolute atomic E-state index is 12.7. The Labute approximate surface area is 155 Å². The van der Waals surface area contributed by atoms with Gasteiger partial charge in [0.05, 0.1) is 7.11 Å². The number of ether oxygens (including phenoxy) is 1. The van der Waals surface area contributed by atoms with Crippen LogP contribution in [0.1, 0.15) is 12.8 Å². The number of amides is 1. The van der Waals surface area contributed by atoms with Crippen molar-refractivity contribution in [3.05, 3.63) is 46.9 Å². The van der Waals surface area contributed by atoms with Crippen molar-refractivity contribution in [2.45, 2.75) is 17.7 Å². The number of methoxy groups -OCH3 is 1. The number of nitrogens with one attached hydrogen (secondary N) is 1. The number of hydrogen-bond acceptors (Lipinski definition) is 4. The SMILES string of the molecule is COc1ccc(Br)cc1S(=O)(=O)Nc1ccc(N2CCCC2=O)cc1. The number of anilines is 2. The summed E-state index contributed by atoms with van der Waals surface area (Å²) >= 11 is 3.27. The lowest BCUT2D eigenvalue weighted by molar-refractivity contribution is -0.117. The van der Waals surface area contributed by atoms with E-state index in [1.807, 2.05) is 0 Å². The van der Waals surface area contributed by atoms with Crippen LogP contribution in [-0.4, -0.2) is 28.0 Å². The third-order valence-corrected chi connectivity index (χ3v) is 5.82. The van der Waals surface area contributed by atoms with Crippen molar-refractivity contribution in [3.63, 3.8) is 0 Å². The van der Waals surface area contributed by atoms with Crippen LogP contribution in [0.15, 0.2) is 51.8 Å². The number of sulfonamides is 1. The second-order valence-electron chi connectivity index (χ2n) is 5.60. The van der Waals surface area contributed by atoms with Crippen molar-refractivity contribution in [2.24, 2.45) is 0 Å². The predicted octanol–water partition coefficient (Wildman–Crippen LogP) is 3.39. The van der Waals surface area contributed by atoms with Gasteiger partial charge in [-0.2, -0.15) is 0 Å². The monoisotopic (exact) mass is 424 g/mol. The second kappa shape index (κ2) is 7.05. The summed E-state index contributed by atoms with van der Waals surface area (Å²) in [5.74, 6) is 0.349. The van der Waals surface area contributed by atoms with Gasteiger partial charge in [-0.05, 0) is 48.9 Å². The third-order valence-electron chi connectivity index (χ3n) is 3.92. The first-order chi connectivity index (χ1) is 11.9. The Morgan fingerprint density at radius 3 is 2.48 bits per heavy atom. The van der Waals surface area contributed by atoms with E-state index in [0.29, 0.717) is 23.1 Å². The van der Waals surface area contributed by atoms with Gasteiger partial charge in [0.25, 0.3) is 10.0 Å². The number of rotatable bonds is 5. The average Bonchev–Trinajstić information content (AvgIpc) is 3.01. The number of nitrogens with zero attached hydrogens (tertiary/aromatic N) is 1. The topological polar surface area (TPSA) is 75.7 Å². The fraction of sp³-hybridized carbons (Fsp3) is 0.235.